The van der Waals surface area contributed by atoms with Crippen LogP contribution in [-0.4, -0.2) is 20.5 Å². The first-order valence-corrected chi connectivity index (χ1v) is 6.46. The number of hydrogen-bond donors (Lipinski definition) is 2. The molecular formula is C11H17N5S. The fraction of sp³-hybridized carbons (Fsp3) is 0.455. The second kappa shape index (κ2) is 5.67. The van der Waals surface area contributed by atoms with E-state index in [0.29, 0.717) is 5.82 Å². The molecule has 2 heterocycles. The molecule has 6 heteroatoms. The van der Waals surface area contributed by atoms with Crippen molar-refractivity contribution in [2.24, 2.45) is 0 Å². The van der Waals surface area contributed by atoms with E-state index in [1.165, 1.54) is 11.5 Å². The quantitative estimate of drug-likeness (QED) is 0.772. The van der Waals surface area contributed by atoms with Gasteiger partial charge in [-0.05, 0) is 31.3 Å². The lowest BCUT2D eigenvalue weighted by Crippen LogP contribution is -2.03. The van der Waals surface area contributed by atoms with Crippen molar-refractivity contribution in [3.63, 3.8) is 0 Å². The Morgan fingerprint density at radius 1 is 1.47 bits per heavy atom. The molecule has 0 bridgehead atoms. The standard InChI is InChI=1S/C11H17N5S/c1-9-10(12)15-17-11(9)14-4-2-3-6-16-7-5-13-8-16/h5,7-8,14H,2-4,6H2,1H3,(H2,12,15). The molecule has 2 aromatic heterocycles. The van der Waals surface area contributed by atoms with Crippen molar-refractivity contribution in [3.05, 3.63) is 24.3 Å². The smallest absolute Gasteiger partial charge is 0.142 e. The molecule has 0 aliphatic rings. The molecule has 0 radical (unpaired) electrons. The number of aryl methyl sites for hydroxylation is 1. The van der Waals surface area contributed by atoms with E-state index < -0.39 is 0 Å². The second-order valence-electron chi connectivity index (χ2n) is 3.96. The summed E-state index contributed by atoms with van der Waals surface area (Å²) in [7, 11) is 0. The van der Waals surface area contributed by atoms with Crippen LogP contribution in [0.3, 0.4) is 0 Å². The Balaban J connectivity index is 1.65. The molecule has 0 aliphatic heterocycles. The van der Waals surface area contributed by atoms with Crippen molar-refractivity contribution < 1.29 is 0 Å². The normalized spacial score (nSPS) is 10.6. The van der Waals surface area contributed by atoms with E-state index in [4.69, 9.17) is 5.73 Å². The summed E-state index contributed by atoms with van der Waals surface area (Å²) in [5, 5.41) is 4.45. The summed E-state index contributed by atoms with van der Waals surface area (Å²) in [5.74, 6) is 0.635. The lowest BCUT2D eigenvalue weighted by Gasteiger charge is -2.05. The molecule has 0 saturated heterocycles. The maximum absolute atomic E-state index is 5.68. The minimum absolute atomic E-state index is 0.635. The molecule has 92 valence electrons. The predicted molar refractivity (Wildman–Crippen MR) is 71.2 cm³/mol. The van der Waals surface area contributed by atoms with Crippen LogP contribution in [0.15, 0.2) is 18.7 Å². The summed E-state index contributed by atoms with van der Waals surface area (Å²) in [6, 6.07) is 0. The third kappa shape index (κ3) is 3.20. The zero-order chi connectivity index (χ0) is 12.1. The minimum atomic E-state index is 0.635. The van der Waals surface area contributed by atoms with Gasteiger partial charge >= 0.3 is 0 Å². The van der Waals surface area contributed by atoms with Crippen LogP contribution < -0.4 is 11.1 Å². The topological polar surface area (TPSA) is 68.8 Å². The maximum atomic E-state index is 5.68. The summed E-state index contributed by atoms with van der Waals surface area (Å²) in [6.07, 6.45) is 7.90. The number of hydrogen-bond acceptors (Lipinski definition) is 5. The highest BCUT2D eigenvalue weighted by atomic mass is 32.1. The highest BCUT2D eigenvalue weighted by Crippen LogP contribution is 2.24. The number of unbranched alkanes of at least 4 members (excludes halogenated alkanes) is 1. The number of nitrogens with two attached hydrogens (primary N) is 1. The zero-order valence-electron chi connectivity index (χ0n) is 9.89. The van der Waals surface area contributed by atoms with Crippen molar-refractivity contribution in [2.75, 3.05) is 17.6 Å². The van der Waals surface area contributed by atoms with Gasteiger partial charge in [0.05, 0.1) is 6.33 Å². The van der Waals surface area contributed by atoms with Crippen molar-refractivity contribution in [1.29, 1.82) is 0 Å². The lowest BCUT2D eigenvalue weighted by molar-refractivity contribution is 0.621. The number of imidazole rings is 1. The van der Waals surface area contributed by atoms with E-state index in [2.05, 4.69) is 19.2 Å². The first-order chi connectivity index (χ1) is 8.27. The van der Waals surface area contributed by atoms with Gasteiger partial charge in [-0.15, -0.1) is 0 Å². The van der Waals surface area contributed by atoms with Gasteiger partial charge in [0.2, 0.25) is 0 Å². The molecule has 2 aromatic rings. The molecule has 3 N–H and O–H groups in total. The first-order valence-electron chi connectivity index (χ1n) is 5.68. The number of nitrogens with zero attached hydrogens (tertiary/aromatic N) is 3. The van der Waals surface area contributed by atoms with Gasteiger partial charge in [0, 0.05) is 31.0 Å². The lowest BCUT2D eigenvalue weighted by atomic mass is 10.3. The average molecular weight is 251 g/mol. The summed E-state index contributed by atoms with van der Waals surface area (Å²) < 4.78 is 6.19. The molecule has 0 spiro atoms. The fourth-order valence-electron chi connectivity index (χ4n) is 1.55. The van der Waals surface area contributed by atoms with Gasteiger partial charge < -0.3 is 15.6 Å². The average Bonchev–Trinajstić information content (AvgIpc) is 2.93. The van der Waals surface area contributed by atoms with E-state index in [1.54, 1.807) is 0 Å². The molecule has 17 heavy (non-hydrogen) atoms. The predicted octanol–water partition coefficient (Wildman–Crippen LogP) is 2.12. The van der Waals surface area contributed by atoms with E-state index in [-0.39, 0.29) is 0 Å². The van der Waals surface area contributed by atoms with Crippen LogP contribution in [-0.2, 0) is 6.54 Å². The second-order valence-corrected chi connectivity index (χ2v) is 4.73. The molecule has 0 fully saturated rings. The number of anilines is 2. The number of rotatable bonds is 6. The third-order valence-corrected chi connectivity index (χ3v) is 3.57. The Morgan fingerprint density at radius 2 is 2.35 bits per heavy atom. The van der Waals surface area contributed by atoms with Gasteiger partial charge in [-0.3, -0.25) is 0 Å². The van der Waals surface area contributed by atoms with E-state index in [1.807, 2.05) is 25.6 Å². The molecule has 0 saturated carbocycles. The number of nitrogens with one attached hydrogen (secondary N) is 1. The molecule has 0 unspecified atom stereocenters. The van der Waals surface area contributed by atoms with Gasteiger partial charge in [0.25, 0.3) is 0 Å². The van der Waals surface area contributed by atoms with Crippen LogP contribution in [0, 0.1) is 6.92 Å². The molecular weight excluding hydrogens is 234 g/mol. The van der Waals surface area contributed by atoms with Crippen molar-refractivity contribution >= 4 is 22.4 Å². The monoisotopic (exact) mass is 251 g/mol. The molecule has 0 aliphatic carbocycles. The molecule has 0 amide bonds. The van der Waals surface area contributed by atoms with Crippen molar-refractivity contribution in [2.45, 2.75) is 26.3 Å². The van der Waals surface area contributed by atoms with E-state index in [9.17, 15) is 0 Å². The van der Waals surface area contributed by atoms with E-state index in [0.717, 1.165) is 36.5 Å². The Kier molecular flexibility index (Phi) is 3.98. The highest BCUT2D eigenvalue weighted by molar-refractivity contribution is 7.10. The van der Waals surface area contributed by atoms with Gasteiger partial charge in [-0.1, -0.05) is 0 Å². The first kappa shape index (κ1) is 11.9. The van der Waals surface area contributed by atoms with Crippen molar-refractivity contribution in [3.8, 4) is 0 Å². The molecule has 0 atom stereocenters. The van der Waals surface area contributed by atoms with Crippen molar-refractivity contribution in [1.82, 2.24) is 13.9 Å². The molecule has 5 nitrogen and oxygen atoms in total. The summed E-state index contributed by atoms with van der Waals surface area (Å²) >= 11 is 1.43. The van der Waals surface area contributed by atoms with E-state index >= 15 is 0 Å². The van der Waals surface area contributed by atoms with Crippen LogP contribution in [0.4, 0.5) is 10.8 Å². The van der Waals surface area contributed by atoms with Gasteiger partial charge in [-0.25, -0.2) is 4.98 Å². The SMILES string of the molecule is Cc1c(N)nsc1NCCCCn1ccnc1. The van der Waals surface area contributed by atoms with Crippen LogP contribution in [0.2, 0.25) is 0 Å². The molecule has 2 rings (SSSR count). The summed E-state index contributed by atoms with van der Waals surface area (Å²) in [4.78, 5) is 4.01. The van der Waals surface area contributed by atoms with Gasteiger partial charge in [0.1, 0.15) is 10.8 Å². The minimum Gasteiger partial charge on any atom is -0.383 e. The number of aromatic nitrogens is 3. The van der Waals surface area contributed by atoms with Gasteiger partial charge in [0.15, 0.2) is 0 Å². The fourth-order valence-corrected chi connectivity index (χ4v) is 2.29. The van der Waals surface area contributed by atoms with Crippen LogP contribution in [0.25, 0.3) is 0 Å². The molecule has 0 aromatic carbocycles. The Hall–Kier alpha value is -1.56. The highest BCUT2D eigenvalue weighted by Gasteiger charge is 2.04. The van der Waals surface area contributed by atoms with Gasteiger partial charge in [-0.2, -0.15) is 4.37 Å². The Labute approximate surface area is 105 Å². The van der Waals surface area contributed by atoms with Crippen LogP contribution >= 0.6 is 11.5 Å². The van der Waals surface area contributed by atoms with Crippen LogP contribution in [0.5, 0.6) is 0 Å². The van der Waals surface area contributed by atoms with Crippen LogP contribution in [0.1, 0.15) is 18.4 Å². The Bertz CT molecular complexity index is 448. The zero-order valence-corrected chi connectivity index (χ0v) is 10.7. The maximum Gasteiger partial charge on any atom is 0.142 e. The third-order valence-electron chi connectivity index (χ3n) is 2.65. The summed E-state index contributed by atoms with van der Waals surface area (Å²) in [5.41, 5.74) is 6.74. The largest absolute Gasteiger partial charge is 0.383 e. The number of nitrogen functional groups attached to an aromatic ring is 1. The Morgan fingerprint density at radius 3 is 3.00 bits per heavy atom. The summed E-state index contributed by atoms with van der Waals surface area (Å²) in [6.45, 7) is 3.97.